The fourth-order valence-corrected chi connectivity index (χ4v) is 4.16. The third kappa shape index (κ3) is 6.26. The molecule has 0 fully saturated rings. The molecule has 2 aromatic carbocycles. The lowest BCUT2D eigenvalue weighted by Crippen LogP contribution is -2.34. The zero-order valence-electron chi connectivity index (χ0n) is 21.8. The van der Waals surface area contributed by atoms with Crippen molar-refractivity contribution in [1.82, 2.24) is 5.32 Å². The summed E-state index contributed by atoms with van der Waals surface area (Å²) in [6, 6.07) is 14.0. The van der Waals surface area contributed by atoms with Gasteiger partial charge in [0.2, 0.25) is 6.10 Å². The SMILES string of the molecule is COC(=O)C(OC(=O)C1=C(C)NC(C)=C(C(=O)OCC(C)C)C1c1cccc([N+](=O)[O-])c1)c1ccccc1. The van der Waals surface area contributed by atoms with E-state index in [2.05, 4.69) is 5.32 Å². The van der Waals surface area contributed by atoms with Crippen LogP contribution in [0.2, 0.25) is 0 Å². The summed E-state index contributed by atoms with van der Waals surface area (Å²) in [6.45, 7) is 7.18. The van der Waals surface area contributed by atoms with Crippen LogP contribution in [0.3, 0.4) is 0 Å². The first kappa shape index (κ1) is 28.1. The second-order valence-corrected chi connectivity index (χ2v) is 9.20. The van der Waals surface area contributed by atoms with Crippen LogP contribution in [-0.2, 0) is 28.6 Å². The van der Waals surface area contributed by atoms with E-state index in [0.29, 0.717) is 22.5 Å². The summed E-state index contributed by atoms with van der Waals surface area (Å²) in [5.41, 5.74) is 1.41. The summed E-state index contributed by atoms with van der Waals surface area (Å²) in [6.07, 6.45) is -1.37. The second kappa shape index (κ2) is 12.2. The summed E-state index contributed by atoms with van der Waals surface area (Å²) in [4.78, 5) is 50.5. The number of nitrogens with one attached hydrogen (secondary N) is 1. The fourth-order valence-electron chi connectivity index (χ4n) is 4.16. The van der Waals surface area contributed by atoms with E-state index in [4.69, 9.17) is 14.2 Å². The Bertz CT molecular complexity index is 1300. The minimum atomic E-state index is -1.37. The first-order valence-corrected chi connectivity index (χ1v) is 12.0. The molecule has 1 heterocycles. The number of hydrogen-bond acceptors (Lipinski definition) is 9. The highest BCUT2D eigenvalue weighted by Crippen LogP contribution is 2.41. The zero-order valence-corrected chi connectivity index (χ0v) is 21.8. The molecule has 0 aromatic heterocycles. The molecule has 0 saturated heterocycles. The zero-order chi connectivity index (χ0) is 28.0. The lowest BCUT2D eigenvalue weighted by Gasteiger charge is -2.31. The number of hydrogen-bond donors (Lipinski definition) is 1. The number of nitro benzene ring substituents is 1. The molecule has 2 aromatic rings. The average Bonchev–Trinajstić information content (AvgIpc) is 2.89. The third-order valence-electron chi connectivity index (χ3n) is 5.90. The highest BCUT2D eigenvalue weighted by atomic mass is 16.6. The second-order valence-electron chi connectivity index (χ2n) is 9.20. The van der Waals surface area contributed by atoms with E-state index in [9.17, 15) is 24.5 Å². The van der Waals surface area contributed by atoms with Crippen LogP contribution in [0.1, 0.15) is 50.8 Å². The summed E-state index contributed by atoms with van der Waals surface area (Å²) in [5, 5.41) is 14.5. The van der Waals surface area contributed by atoms with Gasteiger partial charge in [0.1, 0.15) is 0 Å². The number of carbonyl (C=O) groups excluding carboxylic acids is 3. The monoisotopic (exact) mass is 522 g/mol. The van der Waals surface area contributed by atoms with Gasteiger partial charge in [-0.3, -0.25) is 10.1 Å². The van der Waals surface area contributed by atoms with Crippen molar-refractivity contribution in [2.75, 3.05) is 13.7 Å². The van der Waals surface area contributed by atoms with E-state index in [1.807, 2.05) is 13.8 Å². The van der Waals surface area contributed by atoms with Crippen molar-refractivity contribution in [3.05, 3.63) is 98.4 Å². The Morgan fingerprint density at radius 2 is 1.61 bits per heavy atom. The molecule has 38 heavy (non-hydrogen) atoms. The summed E-state index contributed by atoms with van der Waals surface area (Å²) in [5.74, 6) is -3.36. The number of methoxy groups -OCH3 is 1. The van der Waals surface area contributed by atoms with Gasteiger partial charge in [0.05, 0.1) is 35.7 Å². The van der Waals surface area contributed by atoms with E-state index in [0.717, 1.165) is 0 Å². The predicted octanol–water partition coefficient (Wildman–Crippen LogP) is 4.49. The van der Waals surface area contributed by atoms with E-state index in [1.54, 1.807) is 50.2 Å². The normalized spacial score (nSPS) is 16.0. The predicted molar refractivity (Wildman–Crippen MR) is 137 cm³/mol. The molecular weight excluding hydrogens is 492 g/mol. The van der Waals surface area contributed by atoms with Crippen molar-refractivity contribution in [1.29, 1.82) is 0 Å². The maximum absolute atomic E-state index is 13.7. The smallest absolute Gasteiger partial charge is 0.351 e. The number of carbonyl (C=O) groups is 3. The van der Waals surface area contributed by atoms with Crippen LogP contribution in [0.25, 0.3) is 0 Å². The Morgan fingerprint density at radius 1 is 0.974 bits per heavy atom. The van der Waals surface area contributed by atoms with Gasteiger partial charge in [-0.05, 0) is 25.3 Å². The molecule has 200 valence electrons. The van der Waals surface area contributed by atoms with Gasteiger partial charge in [0.15, 0.2) is 0 Å². The van der Waals surface area contributed by atoms with E-state index >= 15 is 0 Å². The summed E-state index contributed by atoms with van der Waals surface area (Å²) < 4.78 is 16.0. The van der Waals surface area contributed by atoms with Gasteiger partial charge in [0, 0.05) is 29.1 Å². The lowest BCUT2D eigenvalue weighted by atomic mass is 9.80. The molecule has 0 aliphatic carbocycles. The number of rotatable bonds is 9. The standard InChI is InChI=1S/C28H30N2O8/c1-16(2)15-37-26(31)22-17(3)29-18(4)23(24(22)20-12-9-13-21(14-20)30(34)35)27(32)38-25(28(33)36-5)19-10-7-6-8-11-19/h6-14,16,24-25,29H,15H2,1-5H3. The van der Waals surface area contributed by atoms with Crippen molar-refractivity contribution in [2.24, 2.45) is 5.92 Å². The quantitative estimate of drug-likeness (QED) is 0.219. The summed E-state index contributed by atoms with van der Waals surface area (Å²) in [7, 11) is 1.18. The molecule has 0 amide bonds. The Labute approximate surface area is 220 Å². The number of nitro groups is 1. The van der Waals surface area contributed by atoms with Crippen LogP contribution in [0.15, 0.2) is 77.1 Å². The molecule has 1 aliphatic heterocycles. The topological polar surface area (TPSA) is 134 Å². The maximum Gasteiger partial charge on any atom is 0.351 e. The van der Waals surface area contributed by atoms with E-state index < -0.39 is 34.9 Å². The van der Waals surface area contributed by atoms with Gasteiger partial charge in [-0.25, -0.2) is 14.4 Å². The van der Waals surface area contributed by atoms with Crippen molar-refractivity contribution >= 4 is 23.6 Å². The highest BCUT2D eigenvalue weighted by Gasteiger charge is 2.40. The van der Waals surface area contributed by atoms with Gasteiger partial charge < -0.3 is 19.5 Å². The Morgan fingerprint density at radius 3 is 2.18 bits per heavy atom. The number of non-ortho nitro benzene ring substituents is 1. The number of ether oxygens (including phenoxy) is 3. The Hall–Kier alpha value is -4.47. The van der Waals surface area contributed by atoms with Crippen LogP contribution < -0.4 is 5.32 Å². The molecule has 1 N–H and O–H groups in total. The number of nitrogens with zero attached hydrogens (tertiary/aromatic N) is 1. The maximum atomic E-state index is 13.7. The van der Waals surface area contributed by atoms with Gasteiger partial charge in [-0.2, -0.15) is 0 Å². The molecule has 10 nitrogen and oxygen atoms in total. The van der Waals surface area contributed by atoms with Crippen molar-refractivity contribution in [3.63, 3.8) is 0 Å². The molecule has 0 bridgehead atoms. The molecule has 3 rings (SSSR count). The van der Waals surface area contributed by atoms with Gasteiger partial charge in [-0.15, -0.1) is 0 Å². The molecule has 2 atom stereocenters. The minimum Gasteiger partial charge on any atom is -0.466 e. The van der Waals surface area contributed by atoms with Gasteiger partial charge >= 0.3 is 17.9 Å². The van der Waals surface area contributed by atoms with Crippen molar-refractivity contribution < 1.29 is 33.5 Å². The van der Waals surface area contributed by atoms with Crippen molar-refractivity contribution in [2.45, 2.75) is 39.7 Å². The van der Waals surface area contributed by atoms with Crippen LogP contribution in [0.4, 0.5) is 5.69 Å². The largest absolute Gasteiger partial charge is 0.466 e. The molecular formula is C28H30N2O8. The highest BCUT2D eigenvalue weighted by molar-refractivity contribution is 6.00. The molecule has 2 unspecified atom stereocenters. The number of esters is 3. The first-order chi connectivity index (χ1) is 18.0. The van der Waals surface area contributed by atoms with Gasteiger partial charge in [0.25, 0.3) is 5.69 Å². The lowest BCUT2D eigenvalue weighted by molar-refractivity contribution is -0.384. The third-order valence-corrected chi connectivity index (χ3v) is 5.90. The van der Waals surface area contributed by atoms with Crippen molar-refractivity contribution in [3.8, 4) is 0 Å². The minimum absolute atomic E-state index is 0.0115. The van der Waals surface area contributed by atoms with Gasteiger partial charge in [-0.1, -0.05) is 56.3 Å². The number of benzene rings is 2. The van der Waals surface area contributed by atoms with E-state index in [-0.39, 0.29) is 29.4 Å². The van der Waals surface area contributed by atoms with Crippen LogP contribution in [-0.4, -0.2) is 36.5 Å². The number of allylic oxidation sites excluding steroid dienone is 2. The molecule has 0 saturated carbocycles. The van der Waals surface area contributed by atoms with Crippen LogP contribution in [0.5, 0.6) is 0 Å². The van der Waals surface area contributed by atoms with Crippen LogP contribution >= 0.6 is 0 Å². The molecule has 0 spiro atoms. The molecule has 10 heteroatoms. The first-order valence-electron chi connectivity index (χ1n) is 12.0. The van der Waals surface area contributed by atoms with E-state index in [1.165, 1.54) is 25.3 Å². The molecule has 0 radical (unpaired) electrons. The number of dihydropyridines is 1. The average molecular weight is 523 g/mol. The fraction of sp³-hybridized carbons (Fsp3) is 0.321. The Kier molecular flexibility index (Phi) is 9.01. The van der Waals surface area contributed by atoms with Crippen LogP contribution in [0, 0.1) is 16.0 Å². The molecule has 1 aliphatic rings. The summed E-state index contributed by atoms with van der Waals surface area (Å²) >= 11 is 0. The Balaban J connectivity index is 2.12.